The predicted octanol–water partition coefficient (Wildman–Crippen LogP) is 1.96. The molecule has 7 heteroatoms. The van der Waals surface area contributed by atoms with E-state index in [-0.39, 0.29) is 24.6 Å². The second-order valence-corrected chi connectivity index (χ2v) is 7.04. The number of anilines is 1. The van der Waals surface area contributed by atoms with E-state index in [0.29, 0.717) is 26.2 Å². The molecular formula is C18H27N3O4. The van der Waals surface area contributed by atoms with Crippen molar-refractivity contribution in [3.8, 4) is 5.75 Å². The number of piperazine rings is 1. The highest BCUT2D eigenvalue weighted by atomic mass is 16.6. The second-order valence-electron chi connectivity index (χ2n) is 7.04. The molecule has 0 aromatic heterocycles. The fourth-order valence-corrected chi connectivity index (χ4v) is 2.67. The van der Waals surface area contributed by atoms with Crippen LogP contribution in [0.4, 0.5) is 10.5 Å². The molecule has 7 nitrogen and oxygen atoms in total. The number of hydrogen-bond donors (Lipinski definition) is 2. The summed E-state index contributed by atoms with van der Waals surface area (Å²) < 4.78 is 5.13. The molecule has 0 unspecified atom stereocenters. The molecule has 0 spiro atoms. The van der Waals surface area contributed by atoms with E-state index in [2.05, 4.69) is 10.2 Å². The number of nitrogens with one attached hydrogen (secondary N) is 1. The van der Waals surface area contributed by atoms with Crippen molar-refractivity contribution in [1.29, 1.82) is 0 Å². The molecule has 1 saturated heterocycles. The number of carbonyl (C=O) groups is 2. The van der Waals surface area contributed by atoms with Crippen LogP contribution < -0.4 is 10.2 Å². The number of phenols is 1. The molecule has 1 aromatic carbocycles. The lowest BCUT2D eigenvalue weighted by Gasteiger charge is -2.36. The van der Waals surface area contributed by atoms with Crippen LogP contribution in [-0.2, 0) is 9.53 Å². The SMILES string of the molecule is CC(C)(C)OC(=O)NCCC(=O)N1CCN(c2ccccc2O)CC1. The van der Waals surface area contributed by atoms with E-state index in [1.807, 2.05) is 12.1 Å². The molecule has 1 fully saturated rings. The highest BCUT2D eigenvalue weighted by Crippen LogP contribution is 2.27. The lowest BCUT2D eigenvalue weighted by molar-refractivity contribution is -0.131. The largest absolute Gasteiger partial charge is 0.506 e. The number of para-hydroxylation sites is 2. The number of rotatable bonds is 4. The van der Waals surface area contributed by atoms with Crippen LogP contribution in [0.5, 0.6) is 5.75 Å². The Labute approximate surface area is 148 Å². The van der Waals surface area contributed by atoms with Crippen LogP contribution in [0.3, 0.4) is 0 Å². The number of amides is 2. The summed E-state index contributed by atoms with van der Waals surface area (Å²) in [6.45, 7) is 8.17. The Kier molecular flexibility index (Phi) is 6.12. The number of carbonyl (C=O) groups excluding carboxylic acids is 2. The van der Waals surface area contributed by atoms with Crippen LogP contribution in [0.2, 0.25) is 0 Å². The Bertz CT molecular complexity index is 605. The molecule has 25 heavy (non-hydrogen) atoms. The summed E-state index contributed by atoms with van der Waals surface area (Å²) in [6.07, 6.45) is -0.264. The third-order valence-electron chi connectivity index (χ3n) is 3.86. The zero-order chi connectivity index (χ0) is 18.4. The summed E-state index contributed by atoms with van der Waals surface area (Å²) in [5, 5.41) is 12.5. The zero-order valence-electron chi connectivity index (χ0n) is 15.1. The maximum absolute atomic E-state index is 12.2. The highest BCUT2D eigenvalue weighted by Gasteiger charge is 2.22. The van der Waals surface area contributed by atoms with Gasteiger partial charge < -0.3 is 25.0 Å². The predicted molar refractivity (Wildman–Crippen MR) is 95.8 cm³/mol. The number of alkyl carbamates (subject to hydrolysis) is 1. The average molecular weight is 349 g/mol. The van der Waals surface area contributed by atoms with Gasteiger partial charge in [0.2, 0.25) is 5.91 Å². The van der Waals surface area contributed by atoms with Gasteiger partial charge in [0.1, 0.15) is 11.4 Å². The molecule has 0 radical (unpaired) electrons. The molecule has 138 valence electrons. The molecule has 0 aliphatic carbocycles. The van der Waals surface area contributed by atoms with E-state index in [4.69, 9.17) is 4.74 Å². The van der Waals surface area contributed by atoms with E-state index >= 15 is 0 Å². The minimum absolute atomic E-state index is 0.00740. The molecule has 2 N–H and O–H groups in total. The highest BCUT2D eigenvalue weighted by molar-refractivity contribution is 5.77. The van der Waals surface area contributed by atoms with Crippen molar-refractivity contribution >= 4 is 17.7 Å². The number of benzene rings is 1. The van der Waals surface area contributed by atoms with Crippen molar-refractivity contribution < 1.29 is 19.4 Å². The molecular weight excluding hydrogens is 322 g/mol. The number of phenolic OH excluding ortho intramolecular Hbond substituents is 1. The summed E-state index contributed by atoms with van der Waals surface area (Å²) >= 11 is 0. The molecule has 1 aromatic rings. The normalized spacial score (nSPS) is 15.0. The van der Waals surface area contributed by atoms with E-state index in [1.54, 1.807) is 37.8 Å². The van der Waals surface area contributed by atoms with Gasteiger partial charge in [-0.25, -0.2) is 4.79 Å². The fraction of sp³-hybridized carbons (Fsp3) is 0.556. The first-order chi connectivity index (χ1) is 11.8. The van der Waals surface area contributed by atoms with Gasteiger partial charge in [-0.3, -0.25) is 4.79 Å². The van der Waals surface area contributed by atoms with Gasteiger partial charge in [-0.2, -0.15) is 0 Å². The van der Waals surface area contributed by atoms with E-state index < -0.39 is 11.7 Å². The maximum Gasteiger partial charge on any atom is 0.407 e. The topological polar surface area (TPSA) is 82.1 Å². The van der Waals surface area contributed by atoms with Crippen molar-refractivity contribution in [3.63, 3.8) is 0 Å². The van der Waals surface area contributed by atoms with Gasteiger partial charge in [-0.05, 0) is 32.9 Å². The van der Waals surface area contributed by atoms with Crippen LogP contribution in [0.25, 0.3) is 0 Å². The first-order valence-electron chi connectivity index (χ1n) is 8.54. The molecule has 1 aliphatic rings. The number of hydrogen-bond acceptors (Lipinski definition) is 5. The van der Waals surface area contributed by atoms with Gasteiger partial charge in [-0.15, -0.1) is 0 Å². The van der Waals surface area contributed by atoms with Crippen LogP contribution >= 0.6 is 0 Å². The van der Waals surface area contributed by atoms with Crippen LogP contribution in [0, 0.1) is 0 Å². The Morgan fingerprint density at radius 2 is 1.80 bits per heavy atom. The maximum atomic E-state index is 12.2. The molecule has 1 heterocycles. The minimum atomic E-state index is -0.548. The van der Waals surface area contributed by atoms with Gasteiger partial charge in [-0.1, -0.05) is 12.1 Å². The first-order valence-corrected chi connectivity index (χ1v) is 8.54. The Morgan fingerprint density at radius 3 is 2.40 bits per heavy atom. The minimum Gasteiger partial charge on any atom is -0.506 e. The molecule has 0 saturated carbocycles. The molecule has 0 atom stereocenters. The standard InChI is InChI=1S/C18H27N3O4/c1-18(2,3)25-17(24)19-9-8-16(23)21-12-10-20(11-13-21)14-6-4-5-7-15(14)22/h4-7,22H,8-13H2,1-3H3,(H,19,24). The van der Waals surface area contributed by atoms with Gasteiger partial charge in [0.05, 0.1) is 5.69 Å². The Morgan fingerprint density at radius 1 is 1.16 bits per heavy atom. The quantitative estimate of drug-likeness (QED) is 0.868. The zero-order valence-corrected chi connectivity index (χ0v) is 15.1. The van der Waals surface area contributed by atoms with E-state index in [9.17, 15) is 14.7 Å². The van der Waals surface area contributed by atoms with Crippen LogP contribution in [-0.4, -0.2) is 60.3 Å². The van der Waals surface area contributed by atoms with Crippen molar-refractivity contribution in [2.24, 2.45) is 0 Å². The van der Waals surface area contributed by atoms with E-state index in [0.717, 1.165) is 5.69 Å². The van der Waals surface area contributed by atoms with Crippen molar-refractivity contribution in [2.45, 2.75) is 32.8 Å². The summed E-state index contributed by atoms with van der Waals surface area (Å²) in [5.41, 5.74) is 0.245. The van der Waals surface area contributed by atoms with Crippen molar-refractivity contribution in [3.05, 3.63) is 24.3 Å². The van der Waals surface area contributed by atoms with Crippen LogP contribution in [0.1, 0.15) is 27.2 Å². The summed E-state index contributed by atoms with van der Waals surface area (Å²) in [4.78, 5) is 27.7. The summed E-state index contributed by atoms with van der Waals surface area (Å²) in [5.74, 6) is 0.261. The van der Waals surface area contributed by atoms with Crippen molar-refractivity contribution in [2.75, 3.05) is 37.6 Å². The Hall–Kier alpha value is -2.44. The average Bonchev–Trinajstić information content (AvgIpc) is 2.54. The van der Waals surface area contributed by atoms with Gasteiger partial charge in [0.15, 0.2) is 0 Å². The molecule has 1 aliphatic heterocycles. The van der Waals surface area contributed by atoms with Crippen LogP contribution in [0.15, 0.2) is 24.3 Å². The van der Waals surface area contributed by atoms with E-state index in [1.165, 1.54) is 0 Å². The third kappa shape index (κ3) is 5.85. The second kappa shape index (κ2) is 8.09. The lowest BCUT2D eigenvalue weighted by Crippen LogP contribution is -2.49. The summed E-state index contributed by atoms with van der Waals surface area (Å²) in [7, 11) is 0. The first kappa shape index (κ1) is 18.9. The number of aromatic hydroxyl groups is 1. The van der Waals surface area contributed by atoms with Gasteiger partial charge in [0.25, 0.3) is 0 Å². The van der Waals surface area contributed by atoms with Gasteiger partial charge in [0, 0.05) is 39.1 Å². The molecule has 2 amide bonds. The lowest BCUT2D eigenvalue weighted by atomic mass is 10.2. The third-order valence-corrected chi connectivity index (χ3v) is 3.86. The van der Waals surface area contributed by atoms with Gasteiger partial charge >= 0.3 is 6.09 Å². The smallest absolute Gasteiger partial charge is 0.407 e. The number of nitrogens with zero attached hydrogens (tertiary/aromatic N) is 2. The monoisotopic (exact) mass is 349 g/mol. The molecule has 0 bridgehead atoms. The molecule has 2 rings (SSSR count). The summed E-state index contributed by atoms with van der Waals surface area (Å²) in [6, 6.07) is 7.21. The fourth-order valence-electron chi connectivity index (χ4n) is 2.67. The van der Waals surface area contributed by atoms with Crippen molar-refractivity contribution in [1.82, 2.24) is 10.2 Å². The number of ether oxygens (including phenoxy) is 1. The Balaban J connectivity index is 1.73.